The normalized spacial score (nSPS) is 12.8. The summed E-state index contributed by atoms with van der Waals surface area (Å²) in [5.74, 6) is 0. The molecule has 0 aliphatic carbocycles. The zero-order valence-corrected chi connectivity index (χ0v) is 7.79. The van der Waals surface area contributed by atoms with Crippen molar-refractivity contribution in [3.05, 3.63) is 12.7 Å². The Morgan fingerprint density at radius 3 is 2.83 bits per heavy atom. The standard InChI is InChI=1S/C9H19NO2/c1-3-4-5-6-12-9(7-10)8-11-2/h3,9H,1,4-8,10H2,2H3. The molecule has 1 atom stereocenters. The summed E-state index contributed by atoms with van der Waals surface area (Å²) in [6.07, 6.45) is 3.92. The maximum absolute atomic E-state index is 5.45. The number of ether oxygens (including phenoxy) is 2. The van der Waals surface area contributed by atoms with Crippen LogP contribution in [0.4, 0.5) is 0 Å². The maximum atomic E-state index is 5.45. The molecular weight excluding hydrogens is 154 g/mol. The molecule has 0 aromatic carbocycles. The highest BCUT2D eigenvalue weighted by Crippen LogP contribution is 1.95. The van der Waals surface area contributed by atoms with Gasteiger partial charge < -0.3 is 15.2 Å². The molecule has 0 amide bonds. The van der Waals surface area contributed by atoms with Gasteiger partial charge in [0, 0.05) is 20.3 Å². The Kier molecular flexibility index (Phi) is 8.44. The van der Waals surface area contributed by atoms with Crippen molar-refractivity contribution in [1.29, 1.82) is 0 Å². The van der Waals surface area contributed by atoms with Gasteiger partial charge in [-0.3, -0.25) is 0 Å². The van der Waals surface area contributed by atoms with Crippen molar-refractivity contribution in [3.63, 3.8) is 0 Å². The number of hydrogen-bond donors (Lipinski definition) is 1. The molecule has 3 heteroatoms. The van der Waals surface area contributed by atoms with Gasteiger partial charge in [-0.05, 0) is 12.8 Å². The lowest BCUT2D eigenvalue weighted by molar-refractivity contribution is 0.00299. The summed E-state index contributed by atoms with van der Waals surface area (Å²) in [6, 6.07) is 0. The molecule has 0 aliphatic rings. The second-order valence-electron chi connectivity index (χ2n) is 2.61. The first-order valence-corrected chi connectivity index (χ1v) is 4.26. The topological polar surface area (TPSA) is 44.5 Å². The SMILES string of the molecule is C=CCCCOC(CN)COC. The van der Waals surface area contributed by atoms with Crippen molar-refractivity contribution in [1.82, 2.24) is 0 Å². The third-order valence-electron chi connectivity index (χ3n) is 1.52. The van der Waals surface area contributed by atoms with E-state index in [0.717, 1.165) is 19.4 Å². The smallest absolute Gasteiger partial charge is 0.0930 e. The van der Waals surface area contributed by atoms with Crippen LogP contribution < -0.4 is 5.73 Å². The minimum atomic E-state index is 0.0415. The van der Waals surface area contributed by atoms with Crippen molar-refractivity contribution >= 4 is 0 Å². The Hall–Kier alpha value is -0.380. The summed E-state index contributed by atoms with van der Waals surface area (Å²) in [4.78, 5) is 0. The van der Waals surface area contributed by atoms with E-state index in [1.807, 2.05) is 6.08 Å². The summed E-state index contributed by atoms with van der Waals surface area (Å²) in [6.45, 7) is 5.45. The zero-order valence-electron chi connectivity index (χ0n) is 7.79. The summed E-state index contributed by atoms with van der Waals surface area (Å²) < 4.78 is 10.4. The van der Waals surface area contributed by atoms with E-state index in [0.29, 0.717) is 13.2 Å². The number of methoxy groups -OCH3 is 1. The summed E-state index contributed by atoms with van der Waals surface area (Å²) in [5, 5.41) is 0. The first-order chi connectivity index (χ1) is 5.85. The molecule has 0 bridgehead atoms. The van der Waals surface area contributed by atoms with Crippen LogP contribution in [0.1, 0.15) is 12.8 Å². The van der Waals surface area contributed by atoms with Gasteiger partial charge in [0.25, 0.3) is 0 Å². The molecule has 0 aromatic rings. The maximum Gasteiger partial charge on any atom is 0.0930 e. The molecule has 0 aromatic heterocycles. The number of rotatable bonds is 8. The Morgan fingerprint density at radius 1 is 1.58 bits per heavy atom. The molecule has 0 heterocycles. The fraction of sp³-hybridized carbons (Fsp3) is 0.778. The molecule has 0 aliphatic heterocycles. The number of hydrogen-bond acceptors (Lipinski definition) is 3. The van der Waals surface area contributed by atoms with Gasteiger partial charge in [0.2, 0.25) is 0 Å². The van der Waals surface area contributed by atoms with Crippen molar-refractivity contribution in [2.75, 3.05) is 26.9 Å². The van der Waals surface area contributed by atoms with E-state index in [4.69, 9.17) is 15.2 Å². The van der Waals surface area contributed by atoms with Gasteiger partial charge in [0.15, 0.2) is 0 Å². The van der Waals surface area contributed by atoms with Crippen LogP contribution in [0.25, 0.3) is 0 Å². The Morgan fingerprint density at radius 2 is 2.33 bits per heavy atom. The first-order valence-electron chi connectivity index (χ1n) is 4.26. The van der Waals surface area contributed by atoms with Gasteiger partial charge in [-0.1, -0.05) is 6.08 Å². The van der Waals surface area contributed by atoms with Crippen LogP contribution in [0.15, 0.2) is 12.7 Å². The number of unbranched alkanes of at least 4 members (excludes halogenated alkanes) is 1. The molecule has 72 valence electrons. The van der Waals surface area contributed by atoms with Crippen LogP contribution in [0.2, 0.25) is 0 Å². The monoisotopic (exact) mass is 173 g/mol. The summed E-state index contributed by atoms with van der Waals surface area (Å²) >= 11 is 0. The Labute approximate surface area is 74.5 Å². The van der Waals surface area contributed by atoms with Crippen molar-refractivity contribution in [2.24, 2.45) is 5.73 Å². The second-order valence-corrected chi connectivity index (χ2v) is 2.61. The third kappa shape index (κ3) is 6.34. The van der Waals surface area contributed by atoms with Crippen molar-refractivity contribution < 1.29 is 9.47 Å². The Balaban J connectivity index is 3.24. The van der Waals surface area contributed by atoms with E-state index in [1.54, 1.807) is 7.11 Å². The molecule has 0 fully saturated rings. The van der Waals surface area contributed by atoms with Crippen LogP contribution in [-0.2, 0) is 9.47 Å². The minimum Gasteiger partial charge on any atom is -0.382 e. The highest BCUT2D eigenvalue weighted by molar-refractivity contribution is 4.65. The molecule has 3 nitrogen and oxygen atoms in total. The van der Waals surface area contributed by atoms with E-state index in [9.17, 15) is 0 Å². The van der Waals surface area contributed by atoms with Gasteiger partial charge in [-0.25, -0.2) is 0 Å². The molecular formula is C9H19NO2. The van der Waals surface area contributed by atoms with Gasteiger partial charge in [0.05, 0.1) is 12.7 Å². The Bertz CT molecular complexity index is 107. The molecule has 0 saturated carbocycles. The lowest BCUT2D eigenvalue weighted by Gasteiger charge is -2.14. The largest absolute Gasteiger partial charge is 0.382 e. The molecule has 1 unspecified atom stereocenters. The van der Waals surface area contributed by atoms with E-state index in [1.165, 1.54) is 0 Å². The van der Waals surface area contributed by atoms with Crippen LogP contribution in [-0.4, -0.2) is 33.0 Å². The van der Waals surface area contributed by atoms with E-state index in [-0.39, 0.29) is 6.10 Å². The average molecular weight is 173 g/mol. The van der Waals surface area contributed by atoms with E-state index < -0.39 is 0 Å². The summed E-state index contributed by atoms with van der Waals surface area (Å²) in [7, 11) is 1.65. The predicted molar refractivity (Wildman–Crippen MR) is 50.1 cm³/mol. The minimum absolute atomic E-state index is 0.0415. The lowest BCUT2D eigenvalue weighted by Crippen LogP contribution is -2.28. The number of allylic oxidation sites excluding steroid dienone is 1. The molecule has 0 rings (SSSR count). The van der Waals surface area contributed by atoms with E-state index >= 15 is 0 Å². The van der Waals surface area contributed by atoms with Crippen molar-refractivity contribution in [3.8, 4) is 0 Å². The fourth-order valence-electron chi connectivity index (χ4n) is 0.848. The predicted octanol–water partition coefficient (Wildman–Crippen LogP) is 0.943. The fourth-order valence-corrected chi connectivity index (χ4v) is 0.848. The molecule has 12 heavy (non-hydrogen) atoms. The first kappa shape index (κ1) is 11.6. The van der Waals surface area contributed by atoms with Crippen LogP contribution in [0.5, 0.6) is 0 Å². The average Bonchev–Trinajstić information content (AvgIpc) is 2.10. The van der Waals surface area contributed by atoms with Gasteiger partial charge in [0.1, 0.15) is 0 Å². The molecule has 2 N–H and O–H groups in total. The van der Waals surface area contributed by atoms with Crippen LogP contribution in [0.3, 0.4) is 0 Å². The second kappa shape index (κ2) is 8.71. The lowest BCUT2D eigenvalue weighted by atomic mass is 10.3. The van der Waals surface area contributed by atoms with Gasteiger partial charge in [-0.2, -0.15) is 0 Å². The third-order valence-corrected chi connectivity index (χ3v) is 1.52. The number of nitrogens with two attached hydrogens (primary N) is 1. The highest BCUT2D eigenvalue weighted by atomic mass is 16.5. The summed E-state index contributed by atoms with van der Waals surface area (Å²) in [5.41, 5.74) is 5.45. The van der Waals surface area contributed by atoms with Crippen LogP contribution in [0, 0.1) is 0 Å². The zero-order chi connectivity index (χ0) is 9.23. The van der Waals surface area contributed by atoms with E-state index in [2.05, 4.69) is 6.58 Å². The quantitative estimate of drug-likeness (QED) is 0.439. The molecule has 0 saturated heterocycles. The highest BCUT2D eigenvalue weighted by Gasteiger charge is 2.04. The van der Waals surface area contributed by atoms with Crippen LogP contribution >= 0.6 is 0 Å². The molecule has 0 radical (unpaired) electrons. The molecule has 0 spiro atoms. The van der Waals surface area contributed by atoms with Gasteiger partial charge in [-0.15, -0.1) is 6.58 Å². The van der Waals surface area contributed by atoms with Gasteiger partial charge >= 0.3 is 0 Å². The van der Waals surface area contributed by atoms with Crippen molar-refractivity contribution in [2.45, 2.75) is 18.9 Å².